The molecule has 0 fully saturated rings. The molecule has 0 bridgehead atoms. The summed E-state index contributed by atoms with van der Waals surface area (Å²) in [6.07, 6.45) is 3.30. The highest BCUT2D eigenvalue weighted by Gasteiger charge is 2.21. The number of anilines is 1. The maximum absolute atomic E-state index is 12.3. The molecular formula is C16H14N2O2S. The highest BCUT2D eigenvalue weighted by molar-refractivity contribution is 7.10. The molecule has 2 aromatic rings. The van der Waals surface area contributed by atoms with Gasteiger partial charge in [-0.1, -0.05) is 24.3 Å². The first-order valence-corrected chi connectivity index (χ1v) is 7.48. The van der Waals surface area contributed by atoms with Crippen molar-refractivity contribution in [3.8, 4) is 0 Å². The number of rotatable bonds is 2. The smallest absolute Gasteiger partial charge is 0.247 e. The molecule has 2 amide bonds. The Hall–Kier alpha value is -2.40. The molecule has 3 rings (SSSR count). The predicted octanol–water partition coefficient (Wildman–Crippen LogP) is 2.74. The monoisotopic (exact) mass is 298 g/mol. The SMILES string of the molecule is O=C1CN(C(=O)C=Cc2cccs2)Cc2ccccc2N1. The normalized spacial score (nSPS) is 14.7. The van der Waals surface area contributed by atoms with Crippen LogP contribution >= 0.6 is 11.3 Å². The van der Waals surface area contributed by atoms with Crippen LogP contribution in [0.3, 0.4) is 0 Å². The second-order valence-electron chi connectivity index (χ2n) is 4.75. The molecule has 5 heteroatoms. The molecule has 0 atom stereocenters. The van der Waals surface area contributed by atoms with Gasteiger partial charge in [-0.25, -0.2) is 0 Å². The fourth-order valence-corrected chi connectivity index (χ4v) is 2.82. The van der Waals surface area contributed by atoms with Crippen molar-refractivity contribution < 1.29 is 9.59 Å². The van der Waals surface area contributed by atoms with Gasteiger partial charge in [-0.2, -0.15) is 0 Å². The molecule has 0 saturated carbocycles. The van der Waals surface area contributed by atoms with Crippen molar-refractivity contribution >= 4 is 34.9 Å². The molecule has 21 heavy (non-hydrogen) atoms. The number of nitrogens with zero attached hydrogens (tertiary/aromatic N) is 1. The van der Waals surface area contributed by atoms with Crippen LogP contribution in [-0.2, 0) is 16.1 Å². The standard InChI is InChI=1S/C16H14N2O2S/c19-15-11-18(10-12-4-1-2-6-14(12)17-15)16(20)8-7-13-5-3-9-21-13/h1-9H,10-11H2,(H,17,19). The number of hydrogen-bond donors (Lipinski definition) is 1. The number of fused-ring (bicyclic) bond motifs is 1. The first kappa shape index (κ1) is 13.6. The zero-order chi connectivity index (χ0) is 14.7. The highest BCUT2D eigenvalue weighted by atomic mass is 32.1. The summed E-state index contributed by atoms with van der Waals surface area (Å²) in [5, 5.41) is 4.78. The van der Waals surface area contributed by atoms with E-state index in [9.17, 15) is 9.59 Å². The van der Waals surface area contributed by atoms with E-state index >= 15 is 0 Å². The molecule has 0 unspecified atom stereocenters. The lowest BCUT2D eigenvalue weighted by molar-refractivity contribution is -0.130. The Bertz CT molecular complexity index is 692. The van der Waals surface area contributed by atoms with Gasteiger partial charge in [0, 0.05) is 23.2 Å². The van der Waals surface area contributed by atoms with Crippen molar-refractivity contribution in [3.63, 3.8) is 0 Å². The van der Waals surface area contributed by atoms with Crippen molar-refractivity contribution in [1.29, 1.82) is 0 Å². The van der Waals surface area contributed by atoms with Gasteiger partial charge in [0.25, 0.3) is 0 Å². The maximum Gasteiger partial charge on any atom is 0.247 e. The maximum atomic E-state index is 12.3. The fraction of sp³-hybridized carbons (Fsp3) is 0.125. The van der Waals surface area contributed by atoms with Crippen molar-refractivity contribution in [3.05, 3.63) is 58.3 Å². The van der Waals surface area contributed by atoms with Gasteiger partial charge in [0.1, 0.15) is 6.54 Å². The van der Waals surface area contributed by atoms with Crippen LogP contribution in [0.1, 0.15) is 10.4 Å². The third-order valence-corrected chi connectivity index (χ3v) is 4.07. The molecule has 0 saturated heterocycles. The Morgan fingerprint density at radius 3 is 2.86 bits per heavy atom. The molecule has 1 aliphatic rings. The van der Waals surface area contributed by atoms with Crippen LogP contribution in [0.4, 0.5) is 5.69 Å². The van der Waals surface area contributed by atoms with Gasteiger partial charge < -0.3 is 10.2 Å². The number of benzene rings is 1. The summed E-state index contributed by atoms with van der Waals surface area (Å²) < 4.78 is 0. The van der Waals surface area contributed by atoms with Crippen LogP contribution in [0.15, 0.2) is 47.9 Å². The summed E-state index contributed by atoms with van der Waals surface area (Å²) in [5.74, 6) is -0.326. The van der Waals surface area contributed by atoms with E-state index in [4.69, 9.17) is 0 Å². The number of amides is 2. The fourth-order valence-electron chi connectivity index (χ4n) is 2.21. The van der Waals surface area contributed by atoms with E-state index in [1.807, 2.05) is 41.8 Å². The molecule has 0 aliphatic carbocycles. The van der Waals surface area contributed by atoms with Gasteiger partial charge in [0.2, 0.25) is 11.8 Å². The van der Waals surface area contributed by atoms with Crippen LogP contribution in [-0.4, -0.2) is 23.3 Å². The van der Waals surface area contributed by atoms with Gasteiger partial charge in [-0.05, 0) is 29.2 Å². The van der Waals surface area contributed by atoms with Crippen LogP contribution in [0.25, 0.3) is 6.08 Å². The number of hydrogen-bond acceptors (Lipinski definition) is 3. The van der Waals surface area contributed by atoms with E-state index in [1.165, 1.54) is 6.08 Å². The average molecular weight is 298 g/mol. The Balaban J connectivity index is 1.79. The highest BCUT2D eigenvalue weighted by Crippen LogP contribution is 2.20. The van der Waals surface area contributed by atoms with E-state index in [1.54, 1.807) is 22.3 Å². The number of para-hydroxylation sites is 1. The number of carbonyl (C=O) groups is 2. The van der Waals surface area contributed by atoms with E-state index < -0.39 is 0 Å². The van der Waals surface area contributed by atoms with Crippen molar-refractivity contribution in [2.24, 2.45) is 0 Å². The number of thiophene rings is 1. The summed E-state index contributed by atoms with van der Waals surface area (Å²) in [4.78, 5) is 26.7. The topological polar surface area (TPSA) is 49.4 Å². The Labute approximate surface area is 126 Å². The minimum Gasteiger partial charge on any atom is -0.325 e. The first-order chi connectivity index (χ1) is 10.2. The van der Waals surface area contributed by atoms with Gasteiger partial charge in [-0.15, -0.1) is 11.3 Å². The lowest BCUT2D eigenvalue weighted by Gasteiger charge is -2.17. The molecule has 0 spiro atoms. The minimum absolute atomic E-state index is 0.0717. The van der Waals surface area contributed by atoms with E-state index in [-0.39, 0.29) is 18.4 Å². The van der Waals surface area contributed by atoms with Gasteiger partial charge in [0.15, 0.2) is 0 Å². The largest absolute Gasteiger partial charge is 0.325 e. The van der Waals surface area contributed by atoms with Crippen LogP contribution in [0.5, 0.6) is 0 Å². The number of nitrogens with one attached hydrogen (secondary N) is 1. The molecule has 1 N–H and O–H groups in total. The van der Waals surface area contributed by atoms with Crippen LogP contribution < -0.4 is 5.32 Å². The average Bonchev–Trinajstić information content (AvgIpc) is 2.93. The lowest BCUT2D eigenvalue weighted by Crippen LogP contribution is -2.34. The third kappa shape index (κ3) is 3.20. The molecule has 2 heterocycles. The molecule has 0 radical (unpaired) electrons. The predicted molar refractivity (Wildman–Crippen MR) is 83.8 cm³/mol. The summed E-state index contributed by atoms with van der Waals surface area (Å²) in [5.41, 5.74) is 1.72. The van der Waals surface area contributed by atoms with E-state index in [0.717, 1.165) is 16.1 Å². The molecule has 1 aromatic heterocycles. The third-order valence-electron chi connectivity index (χ3n) is 3.23. The van der Waals surface area contributed by atoms with Crippen LogP contribution in [0, 0.1) is 0 Å². The Morgan fingerprint density at radius 2 is 2.05 bits per heavy atom. The quantitative estimate of drug-likeness (QED) is 0.867. The second kappa shape index (κ2) is 5.93. The lowest BCUT2D eigenvalue weighted by atomic mass is 10.1. The van der Waals surface area contributed by atoms with Crippen molar-refractivity contribution in [1.82, 2.24) is 4.90 Å². The van der Waals surface area contributed by atoms with Crippen molar-refractivity contribution in [2.45, 2.75) is 6.54 Å². The van der Waals surface area contributed by atoms with Gasteiger partial charge in [-0.3, -0.25) is 9.59 Å². The summed E-state index contributed by atoms with van der Waals surface area (Å²) in [6.45, 7) is 0.505. The zero-order valence-electron chi connectivity index (χ0n) is 11.3. The first-order valence-electron chi connectivity index (χ1n) is 6.60. The summed E-state index contributed by atoms with van der Waals surface area (Å²) in [6, 6.07) is 11.4. The van der Waals surface area contributed by atoms with Crippen molar-refractivity contribution in [2.75, 3.05) is 11.9 Å². The molecule has 1 aliphatic heterocycles. The van der Waals surface area contributed by atoms with Gasteiger partial charge in [0.05, 0.1) is 0 Å². The molecule has 1 aromatic carbocycles. The summed E-state index contributed by atoms with van der Waals surface area (Å²) in [7, 11) is 0. The molecule has 4 nitrogen and oxygen atoms in total. The zero-order valence-corrected chi connectivity index (χ0v) is 12.1. The van der Waals surface area contributed by atoms with E-state index in [2.05, 4.69) is 5.32 Å². The van der Waals surface area contributed by atoms with Gasteiger partial charge >= 0.3 is 0 Å². The Morgan fingerprint density at radius 1 is 1.19 bits per heavy atom. The van der Waals surface area contributed by atoms with Crippen LogP contribution in [0.2, 0.25) is 0 Å². The molecule has 106 valence electrons. The van der Waals surface area contributed by atoms with E-state index in [0.29, 0.717) is 6.54 Å². The Kier molecular flexibility index (Phi) is 3.83. The number of carbonyl (C=O) groups excluding carboxylic acids is 2. The second-order valence-corrected chi connectivity index (χ2v) is 5.73. The summed E-state index contributed by atoms with van der Waals surface area (Å²) >= 11 is 1.57. The minimum atomic E-state index is -0.169. The molecular weight excluding hydrogens is 284 g/mol.